The quantitative estimate of drug-likeness (QED) is 0.0870. The number of carbonyl (C=O) groups excluding carboxylic acids is 4. The number of aliphatic hydroxyl groups excluding tert-OH is 1. The van der Waals surface area contributed by atoms with Crippen molar-refractivity contribution < 1.29 is 68.0 Å². The summed E-state index contributed by atoms with van der Waals surface area (Å²) in [5, 5.41) is 52.1. The van der Waals surface area contributed by atoms with Gasteiger partial charge in [-0.2, -0.15) is 0 Å². The van der Waals surface area contributed by atoms with E-state index in [1.165, 1.54) is 31.4 Å². The van der Waals surface area contributed by atoms with Crippen LogP contribution in [0.25, 0.3) is 0 Å². The van der Waals surface area contributed by atoms with Crippen molar-refractivity contribution in [3.63, 3.8) is 0 Å². The largest absolute Gasteiger partial charge is 0.507 e. The van der Waals surface area contributed by atoms with Crippen molar-refractivity contribution in [3.8, 4) is 17.2 Å². The van der Waals surface area contributed by atoms with Crippen LogP contribution < -0.4 is 15.4 Å². The number of aliphatic hydroxyl groups is 2. The zero-order chi connectivity index (χ0) is 40.5. The molecule has 2 aliphatic heterocycles. The first-order valence-electron chi connectivity index (χ1n) is 18.6. The molecule has 7 atom stereocenters. The molecule has 6 N–H and O–H groups in total. The van der Waals surface area contributed by atoms with E-state index in [-0.39, 0.29) is 60.2 Å². The number of methoxy groups -OCH3 is 1. The summed E-state index contributed by atoms with van der Waals surface area (Å²) in [6.07, 6.45) is -5.14. The topological polar surface area (TPSA) is 232 Å². The van der Waals surface area contributed by atoms with Crippen molar-refractivity contribution in [2.24, 2.45) is 0 Å². The van der Waals surface area contributed by atoms with Crippen LogP contribution in [0, 0.1) is 0 Å². The summed E-state index contributed by atoms with van der Waals surface area (Å²) in [4.78, 5) is 55.6. The van der Waals surface area contributed by atoms with E-state index in [1.54, 1.807) is 6.92 Å². The highest BCUT2D eigenvalue weighted by Gasteiger charge is 2.51. The highest BCUT2D eigenvalue weighted by molar-refractivity contribution is 6.31. The summed E-state index contributed by atoms with van der Waals surface area (Å²) >= 11 is 0. The SMILES string of the molecule is C=CCOC(=O)NCCNC(=O)[C@]1(O)Cc2c(O)c3c(c(O)c2[C@@H](O[C@H]2C[C@H](N4CCO[C@H](OC(C)C)C4)[C@H](O)[C@H](C)O2)C1)C(=O)c1c(OC)cccc1C3=O. The molecule has 0 spiro atoms. The third-order valence-electron chi connectivity index (χ3n) is 10.5. The maximum atomic E-state index is 14.1. The van der Waals surface area contributed by atoms with E-state index in [0.717, 1.165) is 0 Å². The van der Waals surface area contributed by atoms with Crippen molar-refractivity contribution in [3.05, 3.63) is 64.2 Å². The third kappa shape index (κ3) is 7.98. The molecule has 4 aliphatic rings. The first-order chi connectivity index (χ1) is 26.7. The number of phenolic OH excluding ortho intramolecular Hbond substituents is 2. The monoisotopic (exact) mass is 783 g/mol. The first kappa shape index (κ1) is 41.0. The van der Waals surface area contributed by atoms with E-state index in [9.17, 15) is 39.6 Å². The number of amides is 2. The van der Waals surface area contributed by atoms with Gasteiger partial charge in [-0.25, -0.2) is 4.79 Å². The predicted molar refractivity (Wildman–Crippen MR) is 196 cm³/mol. The number of ketones is 2. The number of hydrogen-bond acceptors (Lipinski definition) is 15. The molecule has 17 heteroatoms. The van der Waals surface area contributed by atoms with Gasteiger partial charge in [-0.05, 0) is 26.8 Å². The number of alkyl carbamates (subject to hydrolysis) is 1. The number of phenols is 2. The molecule has 2 fully saturated rings. The van der Waals surface area contributed by atoms with Gasteiger partial charge >= 0.3 is 6.09 Å². The number of morpholine rings is 1. The lowest BCUT2D eigenvalue weighted by Crippen LogP contribution is -2.59. The predicted octanol–water partition coefficient (Wildman–Crippen LogP) is 1.59. The highest BCUT2D eigenvalue weighted by Crippen LogP contribution is 2.52. The average molecular weight is 784 g/mol. The molecule has 2 amide bonds. The molecule has 0 saturated carbocycles. The number of benzene rings is 2. The highest BCUT2D eigenvalue weighted by atomic mass is 16.7. The van der Waals surface area contributed by atoms with Gasteiger partial charge in [-0.1, -0.05) is 24.8 Å². The molecular formula is C39H49N3O14. The zero-order valence-electron chi connectivity index (χ0n) is 31.7. The van der Waals surface area contributed by atoms with E-state index in [1.807, 2.05) is 18.7 Å². The molecule has 2 saturated heterocycles. The van der Waals surface area contributed by atoms with E-state index < -0.39 is 102 Å². The van der Waals surface area contributed by atoms with E-state index in [4.69, 9.17) is 28.4 Å². The molecule has 2 aromatic rings. The molecular weight excluding hydrogens is 734 g/mol. The number of carbonyl (C=O) groups is 4. The Labute approximate surface area is 323 Å². The minimum Gasteiger partial charge on any atom is -0.507 e. The van der Waals surface area contributed by atoms with Gasteiger partial charge in [0.1, 0.15) is 29.5 Å². The Kier molecular flexibility index (Phi) is 12.3. The van der Waals surface area contributed by atoms with Gasteiger partial charge in [0, 0.05) is 68.2 Å². The van der Waals surface area contributed by atoms with Gasteiger partial charge in [-0.3, -0.25) is 19.3 Å². The van der Waals surface area contributed by atoms with Crippen molar-refractivity contribution >= 4 is 23.6 Å². The standard InChI is InChI=1S/C39H49N3O14/c1-6-13-53-38(49)41-11-10-40-37(48)39(50)16-22-29(36(47)31-30(34(22)45)33(44)21-8-7-9-24(51-5)28(21)35(31)46)25(17-39)56-26-15-23(32(43)20(4)55-26)42-12-14-52-27(18-42)54-19(2)3/h6-9,19-20,23,25-27,32,43,45,47,50H,1,10-18H2,2-5H3,(H,40,48)(H,41,49)/t20-,23-,25-,26-,27+,32+,39-/m0/s1. The lowest BCUT2D eigenvalue weighted by atomic mass is 9.72. The molecule has 6 rings (SSSR count). The molecule has 0 bridgehead atoms. The van der Waals surface area contributed by atoms with Crippen LogP contribution in [0.15, 0.2) is 30.9 Å². The summed E-state index contributed by atoms with van der Waals surface area (Å²) in [5.74, 6) is -3.75. The van der Waals surface area contributed by atoms with Gasteiger partial charge in [0.2, 0.25) is 5.78 Å². The molecule has 56 heavy (non-hydrogen) atoms. The maximum Gasteiger partial charge on any atom is 0.407 e. The Balaban J connectivity index is 1.34. The number of hydrogen-bond donors (Lipinski definition) is 6. The Morgan fingerprint density at radius 1 is 1.09 bits per heavy atom. The van der Waals surface area contributed by atoms with Crippen LogP contribution in [-0.4, -0.2) is 138 Å². The van der Waals surface area contributed by atoms with E-state index >= 15 is 0 Å². The lowest BCUT2D eigenvalue weighted by Gasteiger charge is -2.47. The molecule has 2 heterocycles. The Hall–Kier alpha value is -4.62. The number of nitrogens with zero attached hydrogens (tertiary/aromatic N) is 1. The second kappa shape index (κ2) is 16.9. The van der Waals surface area contributed by atoms with Crippen LogP contribution in [0.5, 0.6) is 17.2 Å². The van der Waals surface area contributed by atoms with E-state index in [2.05, 4.69) is 17.2 Å². The van der Waals surface area contributed by atoms with Gasteiger partial charge in [0.15, 0.2) is 18.4 Å². The fourth-order valence-electron chi connectivity index (χ4n) is 7.88. The van der Waals surface area contributed by atoms with Crippen molar-refractivity contribution in [2.75, 3.05) is 46.5 Å². The van der Waals surface area contributed by atoms with Gasteiger partial charge in [-0.15, -0.1) is 0 Å². The molecule has 2 aliphatic carbocycles. The second-order valence-electron chi connectivity index (χ2n) is 14.5. The molecule has 304 valence electrons. The van der Waals surface area contributed by atoms with E-state index in [0.29, 0.717) is 19.7 Å². The van der Waals surface area contributed by atoms with Crippen LogP contribution in [0.3, 0.4) is 0 Å². The van der Waals surface area contributed by atoms with Crippen molar-refractivity contribution in [2.45, 2.75) is 88.7 Å². The summed E-state index contributed by atoms with van der Waals surface area (Å²) < 4.78 is 34.5. The van der Waals surface area contributed by atoms with Crippen LogP contribution in [0.1, 0.15) is 82.7 Å². The Morgan fingerprint density at radius 2 is 1.82 bits per heavy atom. The minimum absolute atomic E-state index is 0.0191. The Morgan fingerprint density at radius 3 is 2.54 bits per heavy atom. The minimum atomic E-state index is -2.30. The van der Waals surface area contributed by atoms with Crippen LogP contribution in [-0.2, 0) is 34.9 Å². The molecule has 17 nitrogen and oxygen atoms in total. The third-order valence-corrected chi connectivity index (χ3v) is 10.5. The molecule has 0 unspecified atom stereocenters. The van der Waals surface area contributed by atoms with Gasteiger partial charge < -0.3 is 59.5 Å². The van der Waals surface area contributed by atoms with Gasteiger partial charge in [0.05, 0.1) is 54.8 Å². The molecule has 0 aromatic heterocycles. The maximum absolute atomic E-state index is 14.1. The first-order valence-corrected chi connectivity index (χ1v) is 18.6. The number of rotatable bonds is 12. The number of ether oxygens (including phenoxy) is 6. The summed E-state index contributed by atoms with van der Waals surface area (Å²) in [6.45, 7) is 9.91. The average Bonchev–Trinajstić information content (AvgIpc) is 3.16. The van der Waals surface area contributed by atoms with Crippen molar-refractivity contribution in [1.29, 1.82) is 0 Å². The number of nitrogens with one attached hydrogen (secondary N) is 2. The second-order valence-corrected chi connectivity index (χ2v) is 14.5. The zero-order valence-corrected chi connectivity index (χ0v) is 31.7. The van der Waals surface area contributed by atoms with Crippen LogP contribution >= 0.6 is 0 Å². The van der Waals surface area contributed by atoms with Crippen LogP contribution in [0.2, 0.25) is 0 Å². The van der Waals surface area contributed by atoms with Gasteiger partial charge in [0.25, 0.3) is 5.91 Å². The summed E-state index contributed by atoms with van der Waals surface area (Å²) in [6, 6.07) is 3.89. The van der Waals surface area contributed by atoms with Crippen molar-refractivity contribution in [1.82, 2.24) is 15.5 Å². The number of aromatic hydroxyl groups is 2. The molecule has 2 aromatic carbocycles. The number of fused-ring (bicyclic) bond motifs is 3. The fourth-order valence-corrected chi connectivity index (χ4v) is 7.88. The summed E-state index contributed by atoms with van der Waals surface area (Å²) in [7, 11) is 1.33. The summed E-state index contributed by atoms with van der Waals surface area (Å²) in [5.41, 5.74) is -3.72. The van der Waals surface area contributed by atoms with Crippen LogP contribution in [0.4, 0.5) is 4.79 Å². The fraction of sp³-hybridized carbons (Fsp3) is 0.538. The Bertz CT molecular complexity index is 1870. The lowest BCUT2D eigenvalue weighted by molar-refractivity contribution is -0.269. The smallest absolute Gasteiger partial charge is 0.407 e. The normalized spacial score (nSPS) is 27.5. The molecule has 0 radical (unpaired) electrons.